The highest BCUT2D eigenvalue weighted by atomic mass is 35.5. The number of ether oxygens (including phenoxy) is 2. The molecule has 2 aliphatic heterocycles. The van der Waals surface area contributed by atoms with Gasteiger partial charge in [-0.05, 0) is 68.5 Å². The Bertz CT molecular complexity index is 966. The van der Waals surface area contributed by atoms with Crippen LogP contribution in [0.1, 0.15) is 63.4 Å². The molecule has 0 aromatic heterocycles. The van der Waals surface area contributed by atoms with E-state index in [-0.39, 0.29) is 17.6 Å². The lowest BCUT2D eigenvalue weighted by Crippen LogP contribution is -2.48. The molecule has 0 radical (unpaired) electrons. The third-order valence-corrected chi connectivity index (χ3v) is 8.03. The first-order valence-electron chi connectivity index (χ1n) is 11.4. The van der Waals surface area contributed by atoms with Crippen molar-refractivity contribution >= 4 is 34.8 Å². The smallest absolute Gasteiger partial charge is 0.165 e. The predicted octanol–water partition coefficient (Wildman–Crippen LogP) is 7.64. The Kier molecular flexibility index (Phi) is 6.07. The second kappa shape index (κ2) is 8.67. The maximum atomic E-state index is 6.74. The van der Waals surface area contributed by atoms with Crippen molar-refractivity contribution in [2.75, 3.05) is 13.1 Å². The lowest BCUT2D eigenvalue weighted by molar-refractivity contribution is 0.0347. The molecule has 3 nitrogen and oxygen atoms in total. The van der Waals surface area contributed by atoms with E-state index in [1.807, 2.05) is 0 Å². The number of piperidine rings is 1. The summed E-state index contributed by atoms with van der Waals surface area (Å²) in [7, 11) is 0. The standard InChI is InChI=1S/C25H28Cl3NO2/c1-2-25-8-9-29-14-19(25)18-10-15(23-20(27)12-16(26)13-21(23)28)11-22(24(18)31-25)30-17-6-4-3-5-7-17/h10-13,17,19,29H,2-9,14H2,1H3/t19-,25?/m0/s1. The molecule has 2 heterocycles. The Morgan fingerprint density at radius 2 is 1.81 bits per heavy atom. The van der Waals surface area contributed by atoms with Gasteiger partial charge in [0, 0.05) is 35.0 Å². The highest BCUT2D eigenvalue weighted by Crippen LogP contribution is 2.55. The monoisotopic (exact) mass is 479 g/mol. The average Bonchev–Trinajstić information content (AvgIpc) is 3.09. The average molecular weight is 481 g/mol. The van der Waals surface area contributed by atoms with Crippen molar-refractivity contribution in [2.45, 2.75) is 69.5 Å². The molecule has 1 N–H and O–H groups in total. The van der Waals surface area contributed by atoms with Gasteiger partial charge in [-0.2, -0.15) is 0 Å². The first-order valence-corrected chi connectivity index (χ1v) is 12.5. The van der Waals surface area contributed by atoms with Gasteiger partial charge >= 0.3 is 0 Å². The van der Waals surface area contributed by atoms with Crippen molar-refractivity contribution in [1.29, 1.82) is 0 Å². The Hall–Kier alpha value is -1.13. The summed E-state index contributed by atoms with van der Waals surface area (Å²) in [5.41, 5.74) is 2.77. The summed E-state index contributed by atoms with van der Waals surface area (Å²) >= 11 is 19.4. The van der Waals surface area contributed by atoms with Gasteiger partial charge in [0.2, 0.25) is 0 Å². The summed E-state index contributed by atoms with van der Waals surface area (Å²) in [5.74, 6) is 2.01. The van der Waals surface area contributed by atoms with Crippen molar-refractivity contribution in [2.24, 2.45) is 0 Å². The van der Waals surface area contributed by atoms with Crippen LogP contribution < -0.4 is 14.8 Å². The van der Waals surface area contributed by atoms with Crippen LogP contribution in [-0.2, 0) is 0 Å². The first-order chi connectivity index (χ1) is 15.0. The summed E-state index contributed by atoms with van der Waals surface area (Å²) in [6.45, 7) is 4.09. The Balaban J connectivity index is 1.64. The minimum Gasteiger partial charge on any atom is -0.487 e. The summed E-state index contributed by atoms with van der Waals surface area (Å²) in [6, 6.07) is 7.74. The summed E-state index contributed by atoms with van der Waals surface area (Å²) < 4.78 is 13.3. The van der Waals surface area contributed by atoms with Gasteiger partial charge in [-0.15, -0.1) is 0 Å². The Labute approximate surface area is 199 Å². The molecule has 1 unspecified atom stereocenters. The van der Waals surface area contributed by atoms with Crippen LogP contribution in [0.4, 0.5) is 0 Å². The molecule has 31 heavy (non-hydrogen) atoms. The quantitative estimate of drug-likeness (QED) is 0.487. The molecule has 1 aliphatic carbocycles. The van der Waals surface area contributed by atoms with Gasteiger partial charge in [0.05, 0.1) is 16.1 Å². The molecular formula is C25H28Cl3NO2. The van der Waals surface area contributed by atoms with Crippen molar-refractivity contribution in [3.05, 3.63) is 44.9 Å². The zero-order valence-corrected chi connectivity index (χ0v) is 20.0. The fraction of sp³-hybridized carbons (Fsp3) is 0.520. The minimum absolute atomic E-state index is 0.176. The second-order valence-corrected chi connectivity index (χ2v) is 10.3. The van der Waals surface area contributed by atoms with E-state index in [0.717, 1.165) is 61.4 Å². The van der Waals surface area contributed by atoms with Gasteiger partial charge in [-0.1, -0.05) is 48.1 Å². The number of hydrogen-bond donors (Lipinski definition) is 1. The third kappa shape index (κ3) is 3.93. The lowest BCUT2D eigenvalue weighted by Gasteiger charge is -2.38. The number of hydrogen-bond acceptors (Lipinski definition) is 3. The van der Waals surface area contributed by atoms with Crippen LogP contribution in [0.2, 0.25) is 15.1 Å². The molecule has 2 aromatic carbocycles. The minimum atomic E-state index is -0.176. The molecule has 3 aliphatic rings. The molecule has 2 aromatic rings. The summed E-state index contributed by atoms with van der Waals surface area (Å²) in [4.78, 5) is 0. The Morgan fingerprint density at radius 1 is 1.06 bits per heavy atom. The maximum absolute atomic E-state index is 6.74. The number of halogens is 3. The van der Waals surface area contributed by atoms with Crippen LogP contribution in [0.3, 0.4) is 0 Å². The van der Waals surface area contributed by atoms with Crippen LogP contribution in [0.5, 0.6) is 11.5 Å². The summed E-state index contributed by atoms with van der Waals surface area (Å²) in [5, 5.41) is 5.18. The maximum Gasteiger partial charge on any atom is 0.165 e. The lowest BCUT2D eigenvalue weighted by atomic mass is 9.77. The van der Waals surface area contributed by atoms with Gasteiger partial charge in [0.15, 0.2) is 11.5 Å². The molecule has 1 saturated carbocycles. The van der Waals surface area contributed by atoms with Crippen LogP contribution in [0, 0.1) is 0 Å². The molecule has 0 amide bonds. The van der Waals surface area contributed by atoms with E-state index in [1.165, 1.54) is 24.8 Å². The van der Waals surface area contributed by atoms with E-state index in [0.29, 0.717) is 15.1 Å². The number of benzene rings is 2. The second-order valence-electron chi connectivity index (χ2n) is 9.04. The van der Waals surface area contributed by atoms with Crippen LogP contribution in [0.15, 0.2) is 24.3 Å². The fourth-order valence-electron chi connectivity index (χ4n) is 5.52. The zero-order valence-electron chi connectivity index (χ0n) is 17.8. The molecule has 5 rings (SSSR count). The fourth-order valence-corrected chi connectivity index (χ4v) is 6.56. The molecule has 166 valence electrons. The molecule has 0 bridgehead atoms. The molecule has 6 heteroatoms. The highest BCUT2D eigenvalue weighted by molar-refractivity contribution is 6.41. The van der Waals surface area contributed by atoms with E-state index in [4.69, 9.17) is 44.3 Å². The zero-order chi connectivity index (χ0) is 21.6. The number of rotatable bonds is 4. The van der Waals surface area contributed by atoms with Crippen molar-refractivity contribution in [3.8, 4) is 22.6 Å². The number of fused-ring (bicyclic) bond motifs is 3. The van der Waals surface area contributed by atoms with Gasteiger partial charge < -0.3 is 14.8 Å². The van der Waals surface area contributed by atoms with Crippen molar-refractivity contribution < 1.29 is 9.47 Å². The van der Waals surface area contributed by atoms with E-state index in [9.17, 15) is 0 Å². The van der Waals surface area contributed by atoms with Gasteiger partial charge in [0.25, 0.3) is 0 Å². The van der Waals surface area contributed by atoms with Gasteiger partial charge in [-0.3, -0.25) is 0 Å². The van der Waals surface area contributed by atoms with Gasteiger partial charge in [0.1, 0.15) is 5.60 Å². The molecule has 1 saturated heterocycles. The van der Waals surface area contributed by atoms with Crippen molar-refractivity contribution in [1.82, 2.24) is 5.32 Å². The largest absolute Gasteiger partial charge is 0.487 e. The predicted molar refractivity (Wildman–Crippen MR) is 128 cm³/mol. The van der Waals surface area contributed by atoms with Gasteiger partial charge in [-0.25, -0.2) is 0 Å². The molecular weight excluding hydrogens is 453 g/mol. The van der Waals surface area contributed by atoms with Crippen LogP contribution in [0.25, 0.3) is 11.1 Å². The SMILES string of the molecule is CCC12CCNC[C@H]1c1cc(-c3c(Cl)cc(Cl)cc3Cl)cc(OC3CCCCC3)c1O2. The normalized spacial score (nSPS) is 25.6. The van der Waals surface area contributed by atoms with E-state index in [2.05, 4.69) is 24.4 Å². The molecule has 2 fully saturated rings. The van der Waals surface area contributed by atoms with E-state index in [1.54, 1.807) is 12.1 Å². The first kappa shape index (κ1) is 21.7. The van der Waals surface area contributed by atoms with Crippen LogP contribution in [-0.4, -0.2) is 24.8 Å². The number of nitrogens with one attached hydrogen (secondary N) is 1. The van der Waals surface area contributed by atoms with Crippen molar-refractivity contribution in [3.63, 3.8) is 0 Å². The highest BCUT2D eigenvalue weighted by Gasteiger charge is 2.50. The molecule has 0 spiro atoms. The third-order valence-electron chi connectivity index (χ3n) is 7.21. The van der Waals surface area contributed by atoms with E-state index < -0.39 is 0 Å². The molecule has 2 atom stereocenters. The Morgan fingerprint density at radius 3 is 2.52 bits per heavy atom. The van der Waals surface area contributed by atoms with Crippen LogP contribution >= 0.6 is 34.8 Å². The van der Waals surface area contributed by atoms with E-state index >= 15 is 0 Å². The summed E-state index contributed by atoms with van der Waals surface area (Å²) in [6.07, 6.45) is 8.08. The topological polar surface area (TPSA) is 30.5 Å².